The molecule has 3 heteroatoms. The maximum Gasteiger partial charge on any atom is 0.129 e. The van der Waals surface area contributed by atoms with Gasteiger partial charge in [-0.1, -0.05) is 12.6 Å². The molecule has 1 heterocycles. The zero-order valence-electron chi connectivity index (χ0n) is 8.70. The van der Waals surface area contributed by atoms with Gasteiger partial charge >= 0.3 is 0 Å². The highest BCUT2D eigenvalue weighted by molar-refractivity contribution is 5.59. The van der Waals surface area contributed by atoms with E-state index in [1.807, 2.05) is 37.1 Å². The van der Waals surface area contributed by atoms with Crippen molar-refractivity contribution in [3.05, 3.63) is 30.5 Å². The first-order valence-electron chi connectivity index (χ1n) is 4.60. The Morgan fingerprint density at radius 2 is 2.29 bits per heavy atom. The molecule has 0 aliphatic heterocycles. The number of pyridine rings is 1. The van der Waals surface area contributed by atoms with Gasteiger partial charge in [0.15, 0.2) is 0 Å². The first-order valence-corrected chi connectivity index (χ1v) is 4.60. The van der Waals surface area contributed by atoms with E-state index in [-0.39, 0.29) is 6.61 Å². The summed E-state index contributed by atoms with van der Waals surface area (Å²) < 4.78 is 0. The van der Waals surface area contributed by atoms with Gasteiger partial charge in [-0.05, 0) is 24.6 Å². The van der Waals surface area contributed by atoms with Crippen LogP contribution in [-0.2, 0) is 0 Å². The van der Waals surface area contributed by atoms with Gasteiger partial charge in [-0.2, -0.15) is 0 Å². The van der Waals surface area contributed by atoms with Crippen LogP contribution in [0.15, 0.2) is 24.8 Å². The van der Waals surface area contributed by atoms with E-state index in [1.165, 1.54) is 0 Å². The summed E-state index contributed by atoms with van der Waals surface area (Å²) in [5.74, 6) is 0.861. The molecular weight excluding hydrogens is 176 g/mol. The number of anilines is 1. The van der Waals surface area contributed by atoms with Crippen LogP contribution in [0.5, 0.6) is 0 Å². The topological polar surface area (TPSA) is 36.4 Å². The number of rotatable bonds is 4. The van der Waals surface area contributed by atoms with E-state index in [0.717, 1.165) is 17.1 Å². The fourth-order valence-electron chi connectivity index (χ4n) is 1.14. The summed E-state index contributed by atoms with van der Waals surface area (Å²) in [6, 6.07) is 5.79. The van der Waals surface area contributed by atoms with Gasteiger partial charge in [-0.15, -0.1) is 0 Å². The van der Waals surface area contributed by atoms with Crippen LogP contribution in [0.25, 0.3) is 5.57 Å². The van der Waals surface area contributed by atoms with Gasteiger partial charge in [0.25, 0.3) is 0 Å². The third-order valence-corrected chi connectivity index (χ3v) is 2.00. The molecule has 1 rings (SSSR count). The van der Waals surface area contributed by atoms with E-state index in [9.17, 15) is 0 Å². The highest BCUT2D eigenvalue weighted by Gasteiger charge is 2.02. The SMILES string of the molecule is C=C(C)c1cccc(N(C)CCO)n1. The third-order valence-electron chi connectivity index (χ3n) is 2.00. The van der Waals surface area contributed by atoms with Crippen LogP contribution in [0, 0.1) is 0 Å². The number of likely N-dealkylation sites (N-methyl/N-ethyl adjacent to an activating group) is 1. The van der Waals surface area contributed by atoms with E-state index >= 15 is 0 Å². The van der Waals surface area contributed by atoms with E-state index in [1.54, 1.807) is 0 Å². The molecule has 1 aromatic rings. The molecule has 0 atom stereocenters. The van der Waals surface area contributed by atoms with Crippen molar-refractivity contribution in [2.75, 3.05) is 25.1 Å². The lowest BCUT2D eigenvalue weighted by molar-refractivity contribution is 0.304. The zero-order valence-corrected chi connectivity index (χ0v) is 8.70. The Morgan fingerprint density at radius 1 is 1.57 bits per heavy atom. The molecule has 0 bridgehead atoms. The highest BCUT2D eigenvalue weighted by atomic mass is 16.3. The molecule has 0 aliphatic carbocycles. The summed E-state index contributed by atoms with van der Waals surface area (Å²) in [7, 11) is 1.90. The normalized spacial score (nSPS) is 9.93. The molecule has 0 saturated heterocycles. The van der Waals surface area contributed by atoms with Crippen molar-refractivity contribution in [3.63, 3.8) is 0 Å². The number of aliphatic hydroxyl groups excluding tert-OH is 1. The second-order valence-electron chi connectivity index (χ2n) is 3.31. The lowest BCUT2D eigenvalue weighted by atomic mass is 10.2. The molecule has 0 fully saturated rings. The highest BCUT2D eigenvalue weighted by Crippen LogP contribution is 2.13. The summed E-state index contributed by atoms with van der Waals surface area (Å²) in [6.45, 7) is 6.49. The molecule has 0 aliphatic rings. The Balaban J connectivity index is 2.87. The van der Waals surface area contributed by atoms with Crippen molar-refractivity contribution in [2.24, 2.45) is 0 Å². The molecule has 0 radical (unpaired) electrons. The van der Waals surface area contributed by atoms with Crippen molar-refractivity contribution < 1.29 is 5.11 Å². The lowest BCUT2D eigenvalue weighted by Crippen LogP contribution is -2.22. The second-order valence-corrected chi connectivity index (χ2v) is 3.31. The molecule has 14 heavy (non-hydrogen) atoms. The third kappa shape index (κ3) is 2.57. The predicted octanol–water partition coefficient (Wildman–Crippen LogP) is 1.54. The van der Waals surface area contributed by atoms with Crippen LogP contribution in [0.3, 0.4) is 0 Å². The standard InChI is InChI=1S/C11H16N2O/c1-9(2)10-5-4-6-11(12-10)13(3)7-8-14/h4-6,14H,1,7-8H2,2-3H3. The first kappa shape index (κ1) is 10.7. The van der Waals surface area contributed by atoms with E-state index in [2.05, 4.69) is 11.6 Å². The Hall–Kier alpha value is -1.35. The minimum Gasteiger partial charge on any atom is -0.395 e. The summed E-state index contributed by atoms with van der Waals surface area (Å²) >= 11 is 0. The van der Waals surface area contributed by atoms with Gasteiger partial charge in [0.05, 0.1) is 12.3 Å². The maximum atomic E-state index is 8.79. The van der Waals surface area contributed by atoms with Gasteiger partial charge in [-0.3, -0.25) is 0 Å². The Kier molecular flexibility index (Phi) is 3.65. The summed E-state index contributed by atoms with van der Waals surface area (Å²) in [6.07, 6.45) is 0. The summed E-state index contributed by atoms with van der Waals surface area (Å²) in [5.41, 5.74) is 1.84. The van der Waals surface area contributed by atoms with E-state index < -0.39 is 0 Å². The van der Waals surface area contributed by atoms with Gasteiger partial charge < -0.3 is 10.0 Å². The average Bonchev–Trinajstić information content (AvgIpc) is 2.18. The quantitative estimate of drug-likeness (QED) is 0.786. The second kappa shape index (κ2) is 4.77. The molecular formula is C11H16N2O. The molecule has 0 saturated carbocycles. The molecule has 0 aromatic carbocycles. The number of hydrogen-bond acceptors (Lipinski definition) is 3. The van der Waals surface area contributed by atoms with Crippen LogP contribution in [0.2, 0.25) is 0 Å². The zero-order chi connectivity index (χ0) is 10.6. The molecule has 1 N–H and O–H groups in total. The minimum atomic E-state index is 0.134. The molecule has 3 nitrogen and oxygen atoms in total. The molecule has 0 amide bonds. The first-order chi connectivity index (χ1) is 6.65. The van der Waals surface area contributed by atoms with E-state index in [0.29, 0.717) is 6.54 Å². The van der Waals surface area contributed by atoms with Crippen LogP contribution >= 0.6 is 0 Å². The molecule has 1 aromatic heterocycles. The predicted molar refractivity (Wildman–Crippen MR) is 59.3 cm³/mol. The Labute approximate surface area is 84.7 Å². The number of allylic oxidation sites excluding steroid dienone is 1. The average molecular weight is 192 g/mol. The van der Waals surface area contributed by atoms with Crippen LogP contribution in [0.4, 0.5) is 5.82 Å². The maximum absolute atomic E-state index is 8.79. The van der Waals surface area contributed by atoms with Crippen molar-refractivity contribution in [2.45, 2.75) is 6.92 Å². The number of nitrogens with zero attached hydrogens (tertiary/aromatic N) is 2. The van der Waals surface area contributed by atoms with E-state index in [4.69, 9.17) is 5.11 Å². The van der Waals surface area contributed by atoms with Crippen LogP contribution < -0.4 is 4.90 Å². The van der Waals surface area contributed by atoms with Gasteiger partial charge in [0.2, 0.25) is 0 Å². The monoisotopic (exact) mass is 192 g/mol. The molecule has 0 spiro atoms. The minimum absolute atomic E-state index is 0.134. The van der Waals surface area contributed by atoms with Gasteiger partial charge in [0, 0.05) is 13.6 Å². The van der Waals surface area contributed by atoms with Crippen LogP contribution in [-0.4, -0.2) is 30.3 Å². The van der Waals surface area contributed by atoms with Crippen molar-refractivity contribution in [3.8, 4) is 0 Å². The van der Waals surface area contributed by atoms with Crippen molar-refractivity contribution in [1.82, 2.24) is 4.98 Å². The molecule has 76 valence electrons. The van der Waals surface area contributed by atoms with Crippen molar-refractivity contribution >= 4 is 11.4 Å². The fourth-order valence-corrected chi connectivity index (χ4v) is 1.14. The largest absolute Gasteiger partial charge is 0.395 e. The lowest BCUT2D eigenvalue weighted by Gasteiger charge is -2.17. The number of aromatic nitrogens is 1. The Morgan fingerprint density at radius 3 is 2.86 bits per heavy atom. The number of hydrogen-bond donors (Lipinski definition) is 1. The summed E-state index contributed by atoms with van der Waals surface area (Å²) in [5, 5.41) is 8.79. The molecule has 0 unspecified atom stereocenters. The van der Waals surface area contributed by atoms with Crippen molar-refractivity contribution in [1.29, 1.82) is 0 Å². The Bertz CT molecular complexity index is 323. The number of aliphatic hydroxyl groups is 1. The summed E-state index contributed by atoms with van der Waals surface area (Å²) in [4.78, 5) is 6.32. The smallest absolute Gasteiger partial charge is 0.129 e. The van der Waals surface area contributed by atoms with Gasteiger partial charge in [0.1, 0.15) is 5.82 Å². The fraction of sp³-hybridized carbons (Fsp3) is 0.364. The van der Waals surface area contributed by atoms with Gasteiger partial charge in [-0.25, -0.2) is 4.98 Å². The van der Waals surface area contributed by atoms with Crippen LogP contribution in [0.1, 0.15) is 12.6 Å².